The van der Waals surface area contributed by atoms with Crippen LogP contribution in [0, 0.1) is 24.0 Å². The van der Waals surface area contributed by atoms with Crippen molar-refractivity contribution in [2.45, 2.75) is 25.4 Å². The highest BCUT2D eigenvalue weighted by Gasteiger charge is 2.33. The number of nitrogens with zero attached hydrogens (tertiary/aromatic N) is 3. The Hall–Kier alpha value is -3.53. The quantitative estimate of drug-likeness (QED) is 0.505. The van der Waals surface area contributed by atoms with Crippen molar-refractivity contribution in [3.05, 3.63) is 80.5 Å². The van der Waals surface area contributed by atoms with Gasteiger partial charge in [0.25, 0.3) is 11.6 Å². The molecule has 3 aromatic rings. The van der Waals surface area contributed by atoms with E-state index in [-0.39, 0.29) is 22.8 Å². The average molecular weight is 426 g/mol. The molecule has 1 aliphatic heterocycles. The summed E-state index contributed by atoms with van der Waals surface area (Å²) in [4.78, 5) is 23.1. The minimum Gasteiger partial charge on any atom is -0.306 e. The Bertz CT molecular complexity index is 1290. The van der Waals surface area contributed by atoms with Gasteiger partial charge in [0.2, 0.25) is 0 Å². The second kappa shape index (κ2) is 7.06. The minimum atomic E-state index is -3.32. The zero-order valence-electron chi connectivity index (χ0n) is 16.2. The van der Waals surface area contributed by atoms with Gasteiger partial charge in [-0.2, -0.15) is 5.10 Å². The van der Waals surface area contributed by atoms with Gasteiger partial charge in [0, 0.05) is 23.3 Å². The van der Waals surface area contributed by atoms with E-state index >= 15 is 0 Å². The summed E-state index contributed by atoms with van der Waals surface area (Å²) < 4.78 is 25.8. The monoisotopic (exact) mass is 426 g/mol. The SMILES string of the molecule is Cc1cccc(-n2nc3c(c2NC(=O)c2ccc([N+](=O)[O-])cc2)CS(=O)(=O)C3)c1C. The number of nitrogens with one attached hydrogen (secondary N) is 1. The van der Waals surface area contributed by atoms with Crippen LogP contribution in [0.5, 0.6) is 0 Å². The standard InChI is InChI=1S/C20H18N4O5S/c1-12-4-3-5-18(13(12)2)23-19(16-10-30(28,29)11-17(16)22-23)21-20(25)14-6-8-15(9-7-14)24(26)27/h3-9H,10-11H2,1-2H3,(H,21,25). The number of hydrogen-bond acceptors (Lipinski definition) is 6. The number of nitro benzene ring substituents is 1. The predicted octanol–water partition coefficient (Wildman–Crippen LogP) is 3.08. The normalized spacial score (nSPS) is 14.3. The summed E-state index contributed by atoms with van der Waals surface area (Å²) in [6.07, 6.45) is 0. The topological polar surface area (TPSA) is 124 Å². The number of carbonyl (C=O) groups excluding carboxylic acids is 1. The van der Waals surface area contributed by atoms with Crippen molar-refractivity contribution >= 4 is 27.2 Å². The second-order valence-corrected chi connectivity index (χ2v) is 9.26. The number of fused-ring (bicyclic) bond motifs is 1. The van der Waals surface area contributed by atoms with Crippen molar-refractivity contribution in [1.29, 1.82) is 0 Å². The fraction of sp³-hybridized carbons (Fsp3) is 0.200. The van der Waals surface area contributed by atoms with E-state index in [4.69, 9.17) is 0 Å². The maximum Gasteiger partial charge on any atom is 0.269 e. The zero-order valence-corrected chi connectivity index (χ0v) is 17.1. The van der Waals surface area contributed by atoms with Crippen molar-refractivity contribution in [3.8, 4) is 5.69 Å². The molecule has 0 atom stereocenters. The lowest BCUT2D eigenvalue weighted by atomic mass is 10.1. The summed E-state index contributed by atoms with van der Waals surface area (Å²) in [5.41, 5.74) is 3.68. The maximum atomic E-state index is 12.8. The van der Waals surface area contributed by atoms with E-state index < -0.39 is 20.7 Å². The lowest BCUT2D eigenvalue weighted by Crippen LogP contribution is -2.17. The maximum absolute atomic E-state index is 12.8. The molecule has 0 aliphatic carbocycles. The minimum absolute atomic E-state index is 0.126. The summed E-state index contributed by atoms with van der Waals surface area (Å²) in [7, 11) is -3.32. The van der Waals surface area contributed by atoms with E-state index in [2.05, 4.69) is 10.4 Å². The summed E-state index contributed by atoms with van der Waals surface area (Å²) in [6.45, 7) is 3.88. The van der Waals surface area contributed by atoms with Crippen molar-refractivity contribution in [3.63, 3.8) is 0 Å². The van der Waals surface area contributed by atoms with Gasteiger partial charge in [0.1, 0.15) is 5.82 Å². The first-order valence-corrected chi connectivity index (χ1v) is 10.9. The molecule has 0 unspecified atom stereocenters. The van der Waals surface area contributed by atoms with Crippen molar-refractivity contribution in [2.24, 2.45) is 0 Å². The Morgan fingerprint density at radius 1 is 1.13 bits per heavy atom. The highest BCUT2D eigenvalue weighted by molar-refractivity contribution is 7.90. The third kappa shape index (κ3) is 3.45. The molecule has 1 N–H and O–H groups in total. The van der Waals surface area contributed by atoms with Gasteiger partial charge in [-0.3, -0.25) is 14.9 Å². The molecule has 9 nitrogen and oxygen atoms in total. The Labute approximate surface area is 172 Å². The van der Waals surface area contributed by atoms with Crippen molar-refractivity contribution in [1.82, 2.24) is 9.78 Å². The van der Waals surface area contributed by atoms with Gasteiger partial charge in [-0.15, -0.1) is 0 Å². The van der Waals surface area contributed by atoms with Crippen LogP contribution in [0.4, 0.5) is 11.5 Å². The average Bonchev–Trinajstić information content (AvgIpc) is 3.16. The number of aromatic nitrogens is 2. The van der Waals surface area contributed by atoms with E-state index in [0.717, 1.165) is 16.8 Å². The van der Waals surface area contributed by atoms with Crippen LogP contribution in [0.25, 0.3) is 5.69 Å². The van der Waals surface area contributed by atoms with Gasteiger partial charge in [-0.25, -0.2) is 13.1 Å². The smallest absolute Gasteiger partial charge is 0.269 e. The Morgan fingerprint density at radius 3 is 2.50 bits per heavy atom. The highest BCUT2D eigenvalue weighted by Crippen LogP contribution is 2.34. The van der Waals surface area contributed by atoms with E-state index in [0.29, 0.717) is 17.1 Å². The number of anilines is 1. The number of hydrogen-bond donors (Lipinski definition) is 1. The molecule has 1 aliphatic rings. The molecule has 0 saturated carbocycles. The first kappa shape index (κ1) is 19.8. The van der Waals surface area contributed by atoms with Crippen LogP contribution in [0.3, 0.4) is 0 Å². The fourth-order valence-corrected chi connectivity index (χ4v) is 4.92. The summed E-state index contributed by atoms with van der Waals surface area (Å²) in [5, 5.41) is 18.1. The fourth-order valence-electron chi connectivity index (χ4n) is 3.42. The number of amides is 1. The number of sulfone groups is 1. The molecule has 4 rings (SSSR count). The third-order valence-corrected chi connectivity index (χ3v) is 6.61. The molecule has 0 fully saturated rings. The molecule has 30 heavy (non-hydrogen) atoms. The van der Waals surface area contributed by atoms with Crippen LogP contribution in [0.2, 0.25) is 0 Å². The van der Waals surface area contributed by atoms with Crippen LogP contribution in [0.1, 0.15) is 32.7 Å². The first-order chi connectivity index (χ1) is 14.2. The van der Waals surface area contributed by atoms with Crippen molar-refractivity contribution in [2.75, 3.05) is 5.32 Å². The molecular formula is C20H18N4O5S. The molecule has 1 aromatic heterocycles. The molecular weight excluding hydrogens is 408 g/mol. The van der Waals surface area contributed by atoms with Gasteiger partial charge in [0.05, 0.1) is 27.8 Å². The first-order valence-electron chi connectivity index (χ1n) is 9.10. The predicted molar refractivity (Wildman–Crippen MR) is 110 cm³/mol. The summed E-state index contributed by atoms with van der Waals surface area (Å²) in [5.74, 6) is -0.601. The van der Waals surface area contributed by atoms with Crippen LogP contribution in [-0.4, -0.2) is 29.0 Å². The summed E-state index contributed by atoms with van der Waals surface area (Å²) >= 11 is 0. The number of rotatable bonds is 4. The molecule has 0 bridgehead atoms. The second-order valence-electron chi connectivity index (χ2n) is 7.20. The molecule has 2 heterocycles. The van der Waals surface area contributed by atoms with Gasteiger partial charge in [-0.1, -0.05) is 12.1 Å². The Kier molecular flexibility index (Phi) is 4.65. The van der Waals surface area contributed by atoms with Crippen LogP contribution >= 0.6 is 0 Å². The molecule has 10 heteroatoms. The molecule has 0 radical (unpaired) electrons. The van der Waals surface area contributed by atoms with Crippen LogP contribution in [-0.2, 0) is 21.3 Å². The largest absolute Gasteiger partial charge is 0.306 e. The Morgan fingerprint density at radius 2 is 1.83 bits per heavy atom. The van der Waals surface area contributed by atoms with Crippen LogP contribution in [0.15, 0.2) is 42.5 Å². The lowest BCUT2D eigenvalue weighted by Gasteiger charge is -2.14. The van der Waals surface area contributed by atoms with E-state index in [1.54, 1.807) is 4.68 Å². The molecule has 0 spiro atoms. The van der Waals surface area contributed by atoms with Gasteiger partial charge in [-0.05, 0) is 43.2 Å². The number of carbonyl (C=O) groups is 1. The van der Waals surface area contributed by atoms with Gasteiger partial charge >= 0.3 is 0 Å². The molecule has 154 valence electrons. The van der Waals surface area contributed by atoms with Crippen LogP contribution < -0.4 is 5.32 Å². The van der Waals surface area contributed by atoms with Gasteiger partial charge < -0.3 is 5.32 Å². The number of nitro groups is 1. The van der Waals surface area contributed by atoms with E-state index in [1.165, 1.54) is 24.3 Å². The highest BCUT2D eigenvalue weighted by atomic mass is 32.2. The number of aryl methyl sites for hydroxylation is 1. The third-order valence-electron chi connectivity index (χ3n) is 5.16. The summed E-state index contributed by atoms with van der Waals surface area (Å²) in [6, 6.07) is 10.9. The van der Waals surface area contributed by atoms with Gasteiger partial charge in [0.15, 0.2) is 9.84 Å². The van der Waals surface area contributed by atoms with E-state index in [9.17, 15) is 23.3 Å². The zero-order chi connectivity index (χ0) is 21.6. The Balaban J connectivity index is 1.77. The number of benzene rings is 2. The van der Waals surface area contributed by atoms with Crippen molar-refractivity contribution < 1.29 is 18.1 Å². The number of non-ortho nitro benzene ring substituents is 1. The molecule has 2 aromatic carbocycles. The molecule has 1 amide bonds. The lowest BCUT2D eigenvalue weighted by molar-refractivity contribution is -0.384. The molecule has 0 saturated heterocycles. The van der Waals surface area contributed by atoms with E-state index in [1.807, 2.05) is 32.0 Å².